The van der Waals surface area contributed by atoms with E-state index in [9.17, 15) is 9.90 Å². The molecule has 3 aromatic carbocycles. The molecule has 0 radical (unpaired) electrons. The molecule has 0 amide bonds. The van der Waals surface area contributed by atoms with Crippen molar-refractivity contribution < 1.29 is 14.6 Å². The Kier molecular flexibility index (Phi) is 4.49. The second kappa shape index (κ2) is 6.71. The van der Waals surface area contributed by atoms with Gasteiger partial charge in [-0.2, -0.15) is 0 Å². The summed E-state index contributed by atoms with van der Waals surface area (Å²) >= 11 is 5.86. The van der Waals surface area contributed by atoms with Gasteiger partial charge in [-0.15, -0.1) is 0 Å². The Morgan fingerprint density at radius 2 is 1.70 bits per heavy atom. The third-order valence-electron chi connectivity index (χ3n) is 3.63. The molecule has 0 fully saturated rings. The van der Waals surface area contributed by atoms with E-state index in [0.29, 0.717) is 10.8 Å². The number of hydrogen-bond acceptors (Lipinski definition) is 2. The van der Waals surface area contributed by atoms with Crippen LogP contribution in [0, 0.1) is 0 Å². The highest BCUT2D eigenvalue weighted by atomic mass is 35.5. The highest BCUT2D eigenvalue weighted by Crippen LogP contribution is 2.26. The Balaban J connectivity index is 1.87. The van der Waals surface area contributed by atoms with Crippen molar-refractivity contribution in [3.8, 4) is 5.75 Å². The number of rotatable bonds is 5. The normalized spacial score (nSPS) is 12.0. The van der Waals surface area contributed by atoms with Gasteiger partial charge >= 0.3 is 5.97 Å². The van der Waals surface area contributed by atoms with Crippen LogP contribution in [0.5, 0.6) is 5.75 Å². The summed E-state index contributed by atoms with van der Waals surface area (Å²) in [6.45, 7) is 0. The average molecular weight is 327 g/mol. The van der Waals surface area contributed by atoms with E-state index in [0.717, 1.165) is 16.3 Å². The van der Waals surface area contributed by atoms with E-state index >= 15 is 0 Å². The predicted octanol–water partition coefficient (Wildman–Crippen LogP) is 4.57. The van der Waals surface area contributed by atoms with Crippen LogP contribution in [0.3, 0.4) is 0 Å². The fourth-order valence-electron chi connectivity index (χ4n) is 2.47. The zero-order valence-electron chi connectivity index (χ0n) is 12.3. The first-order chi connectivity index (χ1) is 11.1. The smallest absolute Gasteiger partial charge is 0.345 e. The number of aliphatic carboxylic acids is 1. The van der Waals surface area contributed by atoms with E-state index in [1.54, 1.807) is 18.2 Å². The summed E-state index contributed by atoms with van der Waals surface area (Å²) in [6, 6.07) is 20.5. The molecular weight excluding hydrogens is 312 g/mol. The lowest BCUT2D eigenvalue weighted by atomic mass is 10.1. The summed E-state index contributed by atoms with van der Waals surface area (Å²) < 4.78 is 5.79. The third-order valence-corrected chi connectivity index (χ3v) is 3.88. The van der Waals surface area contributed by atoms with Gasteiger partial charge in [-0.05, 0) is 29.1 Å². The average Bonchev–Trinajstić information content (AvgIpc) is 2.56. The number of fused-ring (bicyclic) bond motifs is 1. The lowest BCUT2D eigenvalue weighted by Gasteiger charge is -2.17. The van der Waals surface area contributed by atoms with E-state index in [1.807, 2.05) is 48.5 Å². The lowest BCUT2D eigenvalue weighted by molar-refractivity contribution is -0.144. The first-order valence-electron chi connectivity index (χ1n) is 7.25. The van der Waals surface area contributed by atoms with Crippen LogP contribution in [0.15, 0.2) is 66.7 Å². The maximum Gasteiger partial charge on any atom is 0.345 e. The number of ether oxygens (including phenoxy) is 1. The molecule has 1 atom stereocenters. The minimum Gasteiger partial charge on any atom is -0.478 e. The molecule has 0 saturated heterocycles. The minimum atomic E-state index is -0.993. The van der Waals surface area contributed by atoms with Gasteiger partial charge < -0.3 is 9.84 Å². The third kappa shape index (κ3) is 3.63. The van der Waals surface area contributed by atoms with E-state index < -0.39 is 12.1 Å². The van der Waals surface area contributed by atoms with Crippen molar-refractivity contribution in [1.82, 2.24) is 0 Å². The van der Waals surface area contributed by atoms with Crippen LogP contribution < -0.4 is 4.74 Å². The first-order valence-corrected chi connectivity index (χ1v) is 7.63. The predicted molar refractivity (Wildman–Crippen MR) is 91.2 cm³/mol. The van der Waals surface area contributed by atoms with Gasteiger partial charge in [0.05, 0.1) is 0 Å². The van der Waals surface area contributed by atoms with Gasteiger partial charge in [-0.3, -0.25) is 0 Å². The van der Waals surface area contributed by atoms with Crippen molar-refractivity contribution in [1.29, 1.82) is 0 Å². The van der Waals surface area contributed by atoms with E-state index in [2.05, 4.69) is 0 Å². The van der Waals surface area contributed by atoms with E-state index in [-0.39, 0.29) is 6.42 Å². The van der Waals surface area contributed by atoms with Gasteiger partial charge in [-0.25, -0.2) is 4.79 Å². The Morgan fingerprint density at radius 1 is 1.00 bits per heavy atom. The standard InChI is InChI=1S/C19H15ClO3/c20-15-10-8-13(9-11-15)12-18(19(21)22)23-17-7-3-5-14-4-1-2-6-16(14)17/h1-11,18H,12H2,(H,21,22). The van der Waals surface area contributed by atoms with Crippen molar-refractivity contribution >= 4 is 28.3 Å². The molecule has 0 aromatic heterocycles. The molecule has 0 saturated carbocycles. The fourth-order valence-corrected chi connectivity index (χ4v) is 2.59. The van der Waals surface area contributed by atoms with Crippen LogP contribution in [0.4, 0.5) is 0 Å². The molecule has 3 nitrogen and oxygen atoms in total. The first kappa shape index (κ1) is 15.4. The van der Waals surface area contributed by atoms with Crippen LogP contribution in [0.25, 0.3) is 10.8 Å². The van der Waals surface area contributed by atoms with Crippen molar-refractivity contribution in [3.05, 3.63) is 77.3 Å². The molecule has 4 heteroatoms. The molecule has 0 spiro atoms. The highest BCUT2D eigenvalue weighted by molar-refractivity contribution is 6.30. The Labute approximate surface area is 139 Å². The van der Waals surface area contributed by atoms with Crippen molar-refractivity contribution in [2.45, 2.75) is 12.5 Å². The molecule has 23 heavy (non-hydrogen) atoms. The highest BCUT2D eigenvalue weighted by Gasteiger charge is 2.21. The summed E-state index contributed by atoms with van der Waals surface area (Å²) in [5, 5.41) is 12.0. The SMILES string of the molecule is O=C(O)C(Cc1ccc(Cl)cc1)Oc1cccc2ccccc12. The molecule has 1 unspecified atom stereocenters. The monoisotopic (exact) mass is 326 g/mol. The number of benzene rings is 3. The van der Waals surface area contributed by atoms with E-state index in [4.69, 9.17) is 16.3 Å². The summed E-state index contributed by atoms with van der Waals surface area (Å²) in [7, 11) is 0. The number of carbonyl (C=O) groups is 1. The molecule has 1 N–H and O–H groups in total. The molecule has 0 bridgehead atoms. The topological polar surface area (TPSA) is 46.5 Å². The van der Waals surface area contributed by atoms with Gasteiger partial charge in [0, 0.05) is 16.8 Å². The van der Waals surface area contributed by atoms with Crippen molar-refractivity contribution in [2.75, 3.05) is 0 Å². The molecule has 0 heterocycles. The van der Waals surface area contributed by atoms with E-state index in [1.165, 1.54) is 0 Å². The molecule has 3 aromatic rings. The second-order valence-electron chi connectivity index (χ2n) is 5.25. The number of hydrogen-bond donors (Lipinski definition) is 1. The molecule has 3 rings (SSSR count). The van der Waals surface area contributed by atoms with Crippen LogP contribution in [0.2, 0.25) is 5.02 Å². The maximum absolute atomic E-state index is 11.6. The largest absolute Gasteiger partial charge is 0.478 e. The number of carboxylic acids is 1. The maximum atomic E-state index is 11.6. The van der Waals surface area contributed by atoms with Crippen LogP contribution in [-0.2, 0) is 11.2 Å². The number of halogens is 1. The van der Waals surface area contributed by atoms with Gasteiger partial charge in [0.15, 0.2) is 6.10 Å². The van der Waals surface area contributed by atoms with Gasteiger partial charge in [0.2, 0.25) is 0 Å². The summed E-state index contributed by atoms with van der Waals surface area (Å²) in [6.07, 6.45) is -0.683. The molecule has 0 aliphatic rings. The Morgan fingerprint density at radius 3 is 2.43 bits per heavy atom. The fraction of sp³-hybridized carbons (Fsp3) is 0.105. The van der Waals surface area contributed by atoms with Crippen molar-refractivity contribution in [3.63, 3.8) is 0 Å². The molecule has 0 aliphatic carbocycles. The zero-order chi connectivity index (χ0) is 16.2. The number of carboxylic acid groups (broad SMARTS) is 1. The van der Waals surface area contributed by atoms with Gasteiger partial charge in [0.25, 0.3) is 0 Å². The molecular formula is C19H15ClO3. The summed E-state index contributed by atoms with van der Waals surface area (Å²) in [4.78, 5) is 11.6. The second-order valence-corrected chi connectivity index (χ2v) is 5.69. The molecule has 0 aliphatic heterocycles. The van der Waals surface area contributed by atoms with Gasteiger partial charge in [0.1, 0.15) is 5.75 Å². The van der Waals surface area contributed by atoms with Gasteiger partial charge in [-0.1, -0.05) is 60.1 Å². The zero-order valence-corrected chi connectivity index (χ0v) is 13.0. The summed E-state index contributed by atoms with van der Waals surface area (Å²) in [5.41, 5.74) is 0.863. The van der Waals surface area contributed by atoms with Crippen LogP contribution in [0.1, 0.15) is 5.56 Å². The van der Waals surface area contributed by atoms with Crippen LogP contribution in [-0.4, -0.2) is 17.2 Å². The van der Waals surface area contributed by atoms with Crippen LogP contribution >= 0.6 is 11.6 Å². The molecule has 116 valence electrons. The Hall–Kier alpha value is -2.52. The lowest BCUT2D eigenvalue weighted by Crippen LogP contribution is -2.29. The Bertz CT molecular complexity index is 822. The summed E-state index contributed by atoms with van der Waals surface area (Å²) in [5.74, 6) is -0.419. The van der Waals surface area contributed by atoms with Crippen molar-refractivity contribution in [2.24, 2.45) is 0 Å². The minimum absolute atomic E-state index is 0.274. The quantitative estimate of drug-likeness (QED) is 0.747.